The summed E-state index contributed by atoms with van der Waals surface area (Å²) in [6.45, 7) is 2.36. The van der Waals surface area contributed by atoms with Crippen molar-refractivity contribution in [3.05, 3.63) is 95.7 Å². The number of anilines is 1. The molecule has 1 aliphatic heterocycles. The van der Waals surface area contributed by atoms with Crippen LogP contribution < -0.4 is 15.4 Å². The van der Waals surface area contributed by atoms with Crippen molar-refractivity contribution < 1.29 is 19.1 Å². The van der Waals surface area contributed by atoms with Gasteiger partial charge in [0.25, 0.3) is 5.91 Å². The molecule has 0 aliphatic carbocycles. The van der Waals surface area contributed by atoms with Crippen molar-refractivity contribution in [2.45, 2.75) is 19.1 Å². The molecule has 3 aromatic carbocycles. The Bertz CT molecular complexity index is 1310. The Hall–Kier alpha value is -3.94. The van der Waals surface area contributed by atoms with Crippen LogP contribution in [0, 0.1) is 0 Å². The maximum atomic E-state index is 12.8. The third-order valence-electron chi connectivity index (χ3n) is 5.96. The third-order valence-corrected chi connectivity index (χ3v) is 5.96. The lowest BCUT2D eigenvalue weighted by molar-refractivity contribution is -0.131. The summed E-state index contributed by atoms with van der Waals surface area (Å²) in [5.74, 6) is 0.560. The zero-order chi connectivity index (χ0) is 24.0. The standard InChI is InChI=1S/C28H27N3O4/c32-26(27-17-29-12-13-34-27)14-19-6-8-22(9-7-19)30-28(33)25-16-21-15-23(10-11-24(21)31-25)35-18-20-4-2-1-3-5-20/h1-11,15-16,27,29,31H,12-14,17-18H2,(H,30,33). The number of aromatic nitrogens is 1. The summed E-state index contributed by atoms with van der Waals surface area (Å²) in [6, 6.07) is 24.8. The van der Waals surface area contributed by atoms with Gasteiger partial charge in [-0.05, 0) is 47.5 Å². The summed E-state index contributed by atoms with van der Waals surface area (Å²) < 4.78 is 11.4. The third kappa shape index (κ3) is 5.77. The highest BCUT2D eigenvalue weighted by molar-refractivity contribution is 6.06. The minimum absolute atomic E-state index is 0.0548. The number of rotatable bonds is 8. The maximum Gasteiger partial charge on any atom is 0.272 e. The van der Waals surface area contributed by atoms with Crippen LogP contribution in [0.15, 0.2) is 78.9 Å². The lowest BCUT2D eigenvalue weighted by Gasteiger charge is -2.22. The van der Waals surface area contributed by atoms with Gasteiger partial charge in [0.1, 0.15) is 24.2 Å². The first-order valence-corrected chi connectivity index (χ1v) is 11.7. The van der Waals surface area contributed by atoms with Crippen molar-refractivity contribution in [3.8, 4) is 5.75 Å². The van der Waals surface area contributed by atoms with Crippen LogP contribution in [0.25, 0.3) is 10.9 Å². The number of benzene rings is 3. The van der Waals surface area contributed by atoms with Crippen LogP contribution in [0.3, 0.4) is 0 Å². The van der Waals surface area contributed by atoms with Crippen LogP contribution in [0.4, 0.5) is 5.69 Å². The molecule has 3 N–H and O–H groups in total. The number of carbonyl (C=O) groups excluding carboxylic acids is 2. The molecule has 35 heavy (non-hydrogen) atoms. The van der Waals surface area contributed by atoms with Crippen molar-refractivity contribution in [1.82, 2.24) is 10.3 Å². The van der Waals surface area contributed by atoms with Gasteiger partial charge in [0, 0.05) is 36.1 Å². The Morgan fingerprint density at radius 3 is 2.57 bits per heavy atom. The van der Waals surface area contributed by atoms with Crippen molar-refractivity contribution in [2.75, 3.05) is 25.0 Å². The topological polar surface area (TPSA) is 92.5 Å². The average Bonchev–Trinajstić information content (AvgIpc) is 3.33. The van der Waals surface area contributed by atoms with Gasteiger partial charge in [-0.1, -0.05) is 42.5 Å². The number of nitrogens with one attached hydrogen (secondary N) is 3. The number of fused-ring (bicyclic) bond motifs is 1. The number of hydrogen-bond acceptors (Lipinski definition) is 5. The predicted molar refractivity (Wildman–Crippen MR) is 135 cm³/mol. The van der Waals surface area contributed by atoms with Crippen LogP contribution in [-0.4, -0.2) is 42.5 Å². The van der Waals surface area contributed by atoms with Gasteiger partial charge in [0.05, 0.1) is 6.61 Å². The van der Waals surface area contributed by atoms with Crippen LogP contribution in [0.2, 0.25) is 0 Å². The Labute approximate surface area is 203 Å². The predicted octanol–water partition coefficient (Wildman–Crippen LogP) is 4.10. The number of aromatic amines is 1. The van der Waals surface area contributed by atoms with Gasteiger partial charge in [0.2, 0.25) is 0 Å². The van der Waals surface area contributed by atoms with Crippen molar-refractivity contribution >= 4 is 28.3 Å². The normalized spacial score (nSPS) is 15.6. The molecule has 7 heteroatoms. The van der Waals surface area contributed by atoms with Gasteiger partial charge in [-0.3, -0.25) is 9.59 Å². The second-order valence-corrected chi connectivity index (χ2v) is 8.56. The number of amides is 1. The molecule has 1 aromatic heterocycles. The molecule has 1 aliphatic rings. The van der Waals surface area contributed by atoms with Gasteiger partial charge in [-0.2, -0.15) is 0 Å². The number of ketones is 1. The molecule has 7 nitrogen and oxygen atoms in total. The fourth-order valence-corrected chi connectivity index (χ4v) is 4.06. The zero-order valence-electron chi connectivity index (χ0n) is 19.3. The number of morpholine rings is 1. The van der Waals surface area contributed by atoms with Crippen molar-refractivity contribution in [3.63, 3.8) is 0 Å². The second kappa shape index (κ2) is 10.5. The van der Waals surface area contributed by atoms with E-state index in [0.717, 1.165) is 34.3 Å². The number of H-pyrrole nitrogens is 1. The molecular formula is C28H27N3O4. The summed E-state index contributed by atoms with van der Waals surface area (Å²) in [7, 11) is 0. The molecule has 2 heterocycles. The first-order chi connectivity index (χ1) is 17.1. The fourth-order valence-electron chi connectivity index (χ4n) is 4.06. The number of ether oxygens (including phenoxy) is 2. The second-order valence-electron chi connectivity index (χ2n) is 8.56. The fraction of sp³-hybridized carbons (Fsp3) is 0.214. The van der Waals surface area contributed by atoms with E-state index < -0.39 is 6.10 Å². The summed E-state index contributed by atoms with van der Waals surface area (Å²) in [5.41, 5.74) is 3.96. The highest BCUT2D eigenvalue weighted by Gasteiger charge is 2.21. The lowest BCUT2D eigenvalue weighted by Crippen LogP contribution is -2.43. The summed E-state index contributed by atoms with van der Waals surface area (Å²) in [4.78, 5) is 28.3. The molecule has 5 rings (SSSR count). The van der Waals surface area contributed by atoms with Gasteiger partial charge in [-0.25, -0.2) is 0 Å². The zero-order valence-corrected chi connectivity index (χ0v) is 19.3. The highest BCUT2D eigenvalue weighted by Crippen LogP contribution is 2.23. The molecule has 4 aromatic rings. The van der Waals surface area contributed by atoms with E-state index in [0.29, 0.717) is 37.6 Å². The molecular weight excluding hydrogens is 442 g/mol. The van der Waals surface area contributed by atoms with E-state index in [-0.39, 0.29) is 11.7 Å². The number of carbonyl (C=O) groups is 2. The number of Topliss-reactive ketones (excluding diaryl/α,β-unsaturated/α-hetero) is 1. The van der Waals surface area contributed by atoms with Crippen LogP contribution in [0.5, 0.6) is 5.75 Å². The molecule has 1 amide bonds. The Morgan fingerprint density at radius 2 is 1.80 bits per heavy atom. The molecule has 178 valence electrons. The largest absolute Gasteiger partial charge is 0.489 e. The first-order valence-electron chi connectivity index (χ1n) is 11.7. The minimum Gasteiger partial charge on any atom is -0.489 e. The first kappa shape index (κ1) is 22.8. The Morgan fingerprint density at radius 1 is 0.971 bits per heavy atom. The minimum atomic E-state index is -0.394. The summed E-state index contributed by atoms with van der Waals surface area (Å²) >= 11 is 0. The monoisotopic (exact) mass is 469 g/mol. The van der Waals surface area contributed by atoms with Crippen molar-refractivity contribution in [2.24, 2.45) is 0 Å². The van der Waals surface area contributed by atoms with Gasteiger partial charge >= 0.3 is 0 Å². The van der Waals surface area contributed by atoms with E-state index in [1.807, 2.05) is 66.7 Å². The smallest absolute Gasteiger partial charge is 0.272 e. The maximum absolute atomic E-state index is 12.8. The molecule has 1 saturated heterocycles. The van der Waals surface area contributed by atoms with E-state index >= 15 is 0 Å². The molecule has 0 saturated carbocycles. The van der Waals surface area contributed by atoms with Gasteiger partial charge < -0.3 is 25.1 Å². The summed E-state index contributed by atoms with van der Waals surface area (Å²) in [5, 5.41) is 6.97. The Balaban J connectivity index is 1.19. The quantitative estimate of drug-likeness (QED) is 0.361. The van der Waals surface area contributed by atoms with Gasteiger partial charge in [0.15, 0.2) is 5.78 Å². The van der Waals surface area contributed by atoms with Crippen LogP contribution in [0.1, 0.15) is 21.6 Å². The molecule has 0 radical (unpaired) electrons. The molecule has 0 bridgehead atoms. The van der Waals surface area contributed by atoms with Crippen LogP contribution >= 0.6 is 0 Å². The summed E-state index contributed by atoms with van der Waals surface area (Å²) in [6.07, 6.45) is -0.0912. The molecule has 1 atom stereocenters. The molecule has 1 fully saturated rings. The van der Waals surface area contributed by atoms with Crippen molar-refractivity contribution in [1.29, 1.82) is 0 Å². The number of hydrogen-bond donors (Lipinski definition) is 3. The van der Waals surface area contributed by atoms with E-state index in [1.165, 1.54) is 0 Å². The van der Waals surface area contributed by atoms with E-state index in [4.69, 9.17) is 9.47 Å². The van der Waals surface area contributed by atoms with E-state index in [1.54, 1.807) is 12.1 Å². The SMILES string of the molecule is O=C(Nc1ccc(CC(=O)C2CNCCO2)cc1)c1cc2cc(OCc3ccccc3)ccc2[nH]1. The van der Waals surface area contributed by atoms with Crippen LogP contribution in [-0.2, 0) is 22.6 Å². The average molecular weight is 470 g/mol. The lowest BCUT2D eigenvalue weighted by atomic mass is 10.0. The van der Waals surface area contributed by atoms with E-state index in [2.05, 4.69) is 15.6 Å². The van der Waals surface area contributed by atoms with E-state index in [9.17, 15) is 9.59 Å². The molecule has 0 spiro atoms. The Kier molecular flexibility index (Phi) is 6.88. The highest BCUT2D eigenvalue weighted by atomic mass is 16.5. The molecule has 1 unspecified atom stereocenters. The van der Waals surface area contributed by atoms with Gasteiger partial charge in [-0.15, -0.1) is 0 Å².